The van der Waals surface area contributed by atoms with E-state index in [4.69, 9.17) is 11.2 Å². The molecule has 4 rings (SSSR count). The second-order valence-electron chi connectivity index (χ2n) is 8.62. The lowest BCUT2D eigenvalue weighted by atomic mass is 9.67. The zero-order chi connectivity index (χ0) is 25.5. The van der Waals surface area contributed by atoms with Crippen molar-refractivity contribution in [3.05, 3.63) is 70.9 Å². The number of carbonyl (C=O) groups is 3. The number of hydrogen-bond donors (Lipinski definition) is 0. The van der Waals surface area contributed by atoms with Crippen molar-refractivity contribution in [2.75, 3.05) is 6.61 Å². The number of aryl methyl sites for hydroxylation is 1. The van der Waals surface area contributed by atoms with Crippen LogP contribution in [-0.4, -0.2) is 34.9 Å². The summed E-state index contributed by atoms with van der Waals surface area (Å²) in [5.74, 6) is -1.37. The highest BCUT2D eigenvalue weighted by atomic mass is 19.4. The van der Waals surface area contributed by atoms with Crippen LogP contribution in [0.5, 0.6) is 0 Å². The Hall–Kier alpha value is -3.86. The maximum absolute atomic E-state index is 13.3. The molecule has 2 atom stereocenters. The highest BCUT2D eigenvalue weighted by Gasteiger charge is 2.52. The largest absolute Gasteiger partial charge is 0.465 e. The summed E-state index contributed by atoms with van der Waals surface area (Å²) in [6.45, 7) is 3.29. The summed E-state index contributed by atoms with van der Waals surface area (Å²) in [5, 5.41) is 0.0899. The maximum Gasteiger partial charge on any atom is 0.454 e. The number of para-hydroxylation sites is 1. The number of hydrogen-bond acceptors (Lipinski definition) is 4. The molecule has 2 aromatic carbocycles. The van der Waals surface area contributed by atoms with E-state index in [1.165, 1.54) is 16.7 Å². The number of nitrogens with zero attached hydrogens (tertiary/aromatic N) is 1. The molecule has 5 nitrogen and oxygen atoms in total. The van der Waals surface area contributed by atoms with E-state index >= 15 is 0 Å². The van der Waals surface area contributed by atoms with Crippen molar-refractivity contribution in [2.24, 2.45) is 5.41 Å². The second-order valence-corrected chi connectivity index (χ2v) is 8.62. The number of halogens is 3. The molecule has 0 spiro atoms. The van der Waals surface area contributed by atoms with Gasteiger partial charge in [0.1, 0.15) is 0 Å². The predicted octanol–water partition coefficient (Wildman–Crippen LogP) is 5.25. The molecule has 0 amide bonds. The maximum atomic E-state index is 13.3. The van der Waals surface area contributed by atoms with Crippen molar-refractivity contribution < 1.29 is 32.3 Å². The third-order valence-corrected chi connectivity index (χ3v) is 6.48. The highest BCUT2D eigenvalue weighted by Crippen LogP contribution is 2.49. The molecule has 2 unspecified atom stereocenters. The van der Waals surface area contributed by atoms with Crippen LogP contribution < -0.4 is 0 Å². The van der Waals surface area contributed by atoms with Gasteiger partial charge >= 0.3 is 12.1 Å². The Balaban J connectivity index is 1.91. The highest BCUT2D eigenvalue weighted by molar-refractivity contribution is 6.11. The first-order valence-corrected chi connectivity index (χ1v) is 11.0. The van der Waals surface area contributed by atoms with Gasteiger partial charge in [0.15, 0.2) is 11.2 Å². The number of terminal acetylenes is 1. The Morgan fingerprint density at radius 2 is 1.86 bits per heavy atom. The number of rotatable bonds is 6. The van der Waals surface area contributed by atoms with Gasteiger partial charge in [-0.05, 0) is 19.4 Å². The van der Waals surface area contributed by atoms with Gasteiger partial charge in [-0.3, -0.25) is 14.4 Å². The number of aromatic nitrogens is 1. The average Bonchev–Trinajstić information content (AvgIpc) is 3.19. The van der Waals surface area contributed by atoms with Gasteiger partial charge in [0.2, 0.25) is 0 Å². The van der Waals surface area contributed by atoms with Crippen LogP contribution in [0.1, 0.15) is 51.1 Å². The first-order valence-electron chi connectivity index (χ1n) is 11.0. The first kappa shape index (κ1) is 24.3. The lowest BCUT2D eigenvalue weighted by Crippen LogP contribution is -2.44. The Bertz CT molecular complexity index is 1380. The van der Waals surface area contributed by atoms with Gasteiger partial charge in [-0.25, -0.2) is 0 Å². The molecule has 35 heavy (non-hydrogen) atoms. The molecule has 1 aliphatic rings. The van der Waals surface area contributed by atoms with Gasteiger partial charge < -0.3 is 9.30 Å². The summed E-state index contributed by atoms with van der Waals surface area (Å²) in [6.07, 6.45) is 1.73. The van der Waals surface area contributed by atoms with E-state index in [-0.39, 0.29) is 30.7 Å². The molecule has 0 fully saturated rings. The number of ketones is 2. The van der Waals surface area contributed by atoms with Crippen LogP contribution >= 0.6 is 0 Å². The smallest absolute Gasteiger partial charge is 0.454 e. The van der Waals surface area contributed by atoms with Gasteiger partial charge in [-0.2, -0.15) is 13.2 Å². The molecule has 0 aliphatic carbocycles. The van der Waals surface area contributed by atoms with Gasteiger partial charge in [-0.1, -0.05) is 53.9 Å². The van der Waals surface area contributed by atoms with Gasteiger partial charge in [-0.15, -0.1) is 6.42 Å². The van der Waals surface area contributed by atoms with Crippen molar-refractivity contribution in [1.29, 1.82) is 0 Å². The molecule has 2 heterocycles. The quantitative estimate of drug-likeness (QED) is 0.274. The first-order chi connectivity index (χ1) is 16.5. The number of alkyl halides is 3. The zero-order valence-electron chi connectivity index (χ0n) is 19.1. The fourth-order valence-electron chi connectivity index (χ4n) is 4.77. The molecule has 1 aromatic heterocycles. The Morgan fingerprint density at radius 1 is 1.17 bits per heavy atom. The lowest BCUT2D eigenvalue weighted by molar-refractivity contribution is -0.154. The van der Waals surface area contributed by atoms with E-state index in [1.54, 1.807) is 37.3 Å². The molecule has 180 valence electrons. The molecule has 0 bridgehead atoms. The van der Waals surface area contributed by atoms with E-state index in [2.05, 4.69) is 5.92 Å². The molecular weight excluding hydrogens is 459 g/mol. The van der Waals surface area contributed by atoms with Gasteiger partial charge in [0.05, 0.1) is 24.2 Å². The van der Waals surface area contributed by atoms with Gasteiger partial charge in [0, 0.05) is 29.5 Å². The number of ether oxygens (including phenoxy) is 1. The SMILES string of the molecule is C#CC1(C(=O)OCC)Cn2cc(C(=O)C(F)(F)F)c3cccc(c32)C1CC(=O)c1ccc(C)cc1. The van der Waals surface area contributed by atoms with E-state index in [0.29, 0.717) is 16.6 Å². The normalized spacial score (nSPS) is 19.3. The lowest BCUT2D eigenvalue weighted by Gasteiger charge is -2.39. The average molecular weight is 481 g/mol. The minimum atomic E-state index is -5.08. The van der Waals surface area contributed by atoms with E-state index < -0.39 is 34.8 Å². The molecular formula is C27H22F3NO4. The van der Waals surface area contributed by atoms with Gasteiger partial charge in [0.25, 0.3) is 5.78 Å². The molecule has 8 heteroatoms. The standard InChI is InChI=1S/C27H22F3NO4/c1-4-26(25(34)35-5-2)15-31-14-20(24(33)27(28,29)30)18-7-6-8-19(23(18)31)21(26)13-22(32)17-11-9-16(3)10-12-17/h1,6-12,14,21H,5,13,15H2,2-3H3. The number of Topliss-reactive ketones (excluding diaryl/α,β-unsaturated/α-hetero) is 2. The molecule has 3 aromatic rings. The Kier molecular flexibility index (Phi) is 6.05. The summed E-state index contributed by atoms with van der Waals surface area (Å²) in [5.41, 5.74) is -0.0393. The zero-order valence-corrected chi connectivity index (χ0v) is 19.1. The molecule has 0 saturated heterocycles. The van der Waals surface area contributed by atoms with E-state index in [1.807, 2.05) is 6.92 Å². The Labute approximate surface area is 199 Å². The summed E-state index contributed by atoms with van der Waals surface area (Å²) >= 11 is 0. The fourth-order valence-corrected chi connectivity index (χ4v) is 4.77. The number of benzene rings is 2. The van der Waals surface area contributed by atoms with Crippen molar-refractivity contribution in [3.63, 3.8) is 0 Å². The predicted molar refractivity (Wildman–Crippen MR) is 123 cm³/mol. The molecule has 0 saturated carbocycles. The van der Waals surface area contributed by atoms with E-state index in [0.717, 1.165) is 11.8 Å². The minimum absolute atomic E-state index is 0.0292. The topological polar surface area (TPSA) is 65.4 Å². The van der Waals surface area contributed by atoms with E-state index in [9.17, 15) is 27.6 Å². The summed E-state index contributed by atoms with van der Waals surface area (Å²) in [6, 6.07) is 11.5. The monoisotopic (exact) mass is 481 g/mol. The molecule has 0 radical (unpaired) electrons. The third kappa shape index (κ3) is 4.01. The summed E-state index contributed by atoms with van der Waals surface area (Å²) < 4.78 is 46.6. The Morgan fingerprint density at radius 3 is 2.46 bits per heavy atom. The van der Waals surface area contributed by atoms with Crippen molar-refractivity contribution >= 4 is 28.4 Å². The van der Waals surface area contributed by atoms with Crippen molar-refractivity contribution in [1.82, 2.24) is 4.57 Å². The minimum Gasteiger partial charge on any atom is -0.465 e. The van der Waals surface area contributed by atoms with Crippen LogP contribution in [0, 0.1) is 24.7 Å². The third-order valence-electron chi connectivity index (χ3n) is 6.48. The van der Waals surface area contributed by atoms with Crippen LogP contribution in [0.15, 0.2) is 48.7 Å². The second kappa shape index (κ2) is 8.73. The van der Waals surface area contributed by atoms with Crippen molar-refractivity contribution in [3.8, 4) is 12.3 Å². The van der Waals surface area contributed by atoms with Crippen LogP contribution in [0.4, 0.5) is 13.2 Å². The summed E-state index contributed by atoms with van der Waals surface area (Å²) in [4.78, 5) is 38.6. The van der Waals surface area contributed by atoms with Crippen LogP contribution in [-0.2, 0) is 16.1 Å². The van der Waals surface area contributed by atoms with Crippen LogP contribution in [0.2, 0.25) is 0 Å². The number of esters is 1. The van der Waals surface area contributed by atoms with Crippen LogP contribution in [0.25, 0.3) is 10.9 Å². The molecule has 1 aliphatic heterocycles. The summed E-state index contributed by atoms with van der Waals surface area (Å²) in [7, 11) is 0. The molecule has 0 N–H and O–H groups in total. The number of carbonyl (C=O) groups excluding carboxylic acids is 3. The van der Waals surface area contributed by atoms with Crippen LogP contribution in [0.3, 0.4) is 0 Å². The fraction of sp³-hybridized carbons (Fsp3) is 0.296. The van der Waals surface area contributed by atoms with Crippen molar-refractivity contribution in [2.45, 2.75) is 38.9 Å².